The first-order valence-corrected chi connectivity index (χ1v) is 8.10. The highest BCUT2D eigenvalue weighted by atomic mass is 16.5. The highest BCUT2D eigenvalue weighted by Crippen LogP contribution is 2.19. The molecule has 0 amide bonds. The smallest absolute Gasteiger partial charge is 0.119 e. The number of rotatable bonds is 10. The van der Waals surface area contributed by atoms with Gasteiger partial charge in [-0.15, -0.1) is 0 Å². The summed E-state index contributed by atoms with van der Waals surface area (Å²) in [5.74, 6) is 1.61. The summed E-state index contributed by atoms with van der Waals surface area (Å²) in [4.78, 5) is 0. The molecule has 1 aromatic rings. The van der Waals surface area contributed by atoms with Crippen LogP contribution in [0, 0.1) is 5.92 Å². The van der Waals surface area contributed by atoms with E-state index < -0.39 is 0 Å². The molecule has 21 heavy (non-hydrogen) atoms. The molecule has 0 radical (unpaired) electrons. The van der Waals surface area contributed by atoms with Crippen molar-refractivity contribution >= 4 is 0 Å². The average molecular weight is 293 g/mol. The van der Waals surface area contributed by atoms with Crippen LogP contribution in [0.4, 0.5) is 0 Å². The van der Waals surface area contributed by atoms with Crippen molar-refractivity contribution in [3.8, 4) is 5.75 Å². The number of hydrogen-bond acceptors (Lipinski definition) is 3. The molecule has 3 nitrogen and oxygen atoms in total. The van der Waals surface area contributed by atoms with Gasteiger partial charge in [0.05, 0.1) is 18.8 Å². The molecule has 1 atom stereocenters. The topological polar surface area (TPSA) is 30.5 Å². The summed E-state index contributed by atoms with van der Waals surface area (Å²) in [6.07, 6.45) is 1.32. The van der Waals surface area contributed by atoms with Gasteiger partial charge in [0, 0.05) is 6.61 Å². The SMILES string of the molecule is CCNC(COCCC(C)C)c1ccc(OC(C)C)cc1. The van der Waals surface area contributed by atoms with Crippen LogP contribution in [-0.2, 0) is 4.74 Å². The Morgan fingerprint density at radius 3 is 2.24 bits per heavy atom. The van der Waals surface area contributed by atoms with E-state index in [-0.39, 0.29) is 12.1 Å². The molecule has 0 spiro atoms. The Morgan fingerprint density at radius 1 is 1.05 bits per heavy atom. The first kappa shape index (κ1) is 18.0. The molecule has 1 N–H and O–H groups in total. The van der Waals surface area contributed by atoms with Gasteiger partial charge in [0.15, 0.2) is 0 Å². The average Bonchev–Trinajstić information content (AvgIpc) is 2.42. The van der Waals surface area contributed by atoms with Crippen LogP contribution in [0.15, 0.2) is 24.3 Å². The molecule has 0 fully saturated rings. The van der Waals surface area contributed by atoms with Gasteiger partial charge in [-0.05, 0) is 50.4 Å². The molecule has 0 aliphatic carbocycles. The Hall–Kier alpha value is -1.06. The van der Waals surface area contributed by atoms with Gasteiger partial charge in [-0.3, -0.25) is 0 Å². The minimum atomic E-state index is 0.208. The fraction of sp³-hybridized carbons (Fsp3) is 0.667. The molecule has 0 aliphatic heterocycles. The van der Waals surface area contributed by atoms with Crippen molar-refractivity contribution in [1.82, 2.24) is 5.32 Å². The van der Waals surface area contributed by atoms with E-state index in [1.165, 1.54) is 5.56 Å². The second kappa shape index (κ2) is 9.80. The number of nitrogens with one attached hydrogen (secondary N) is 1. The van der Waals surface area contributed by atoms with Crippen LogP contribution in [0.25, 0.3) is 0 Å². The summed E-state index contributed by atoms with van der Waals surface area (Å²) in [6, 6.07) is 8.56. The van der Waals surface area contributed by atoms with E-state index in [0.29, 0.717) is 12.5 Å². The third-order valence-electron chi connectivity index (χ3n) is 3.23. The lowest BCUT2D eigenvalue weighted by Gasteiger charge is -2.19. The molecule has 0 saturated heterocycles. The maximum absolute atomic E-state index is 5.81. The fourth-order valence-corrected chi connectivity index (χ4v) is 2.09. The first-order valence-electron chi connectivity index (χ1n) is 8.10. The summed E-state index contributed by atoms with van der Waals surface area (Å²) < 4.78 is 11.5. The zero-order chi connectivity index (χ0) is 15.7. The summed E-state index contributed by atoms with van der Waals surface area (Å²) in [7, 11) is 0. The monoisotopic (exact) mass is 293 g/mol. The molecule has 0 bridgehead atoms. The van der Waals surface area contributed by atoms with Crippen LogP contribution in [0.2, 0.25) is 0 Å². The Morgan fingerprint density at radius 2 is 1.71 bits per heavy atom. The van der Waals surface area contributed by atoms with E-state index in [4.69, 9.17) is 9.47 Å². The van der Waals surface area contributed by atoms with Crippen molar-refractivity contribution < 1.29 is 9.47 Å². The zero-order valence-electron chi connectivity index (χ0n) is 14.2. The summed E-state index contributed by atoms with van der Waals surface area (Å²) in [5.41, 5.74) is 1.25. The van der Waals surface area contributed by atoms with Crippen LogP contribution < -0.4 is 10.1 Å². The fourth-order valence-electron chi connectivity index (χ4n) is 2.09. The Labute approximate surface area is 130 Å². The highest BCUT2D eigenvalue weighted by Gasteiger charge is 2.11. The van der Waals surface area contributed by atoms with Crippen molar-refractivity contribution in [2.45, 2.75) is 53.2 Å². The van der Waals surface area contributed by atoms with E-state index in [9.17, 15) is 0 Å². The molecular weight excluding hydrogens is 262 g/mol. The van der Waals surface area contributed by atoms with Crippen molar-refractivity contribution in [1.29, 1.82) is 0 Å². The lowest BCUT2D eigenvalue weighted by atomic mass is 10.1. The normalized spacial score (nSPS) is 12.9. The minimum absolute atomic E-state index is 0.208. The van der Waals surface area contributed by atoms with Crippen LogP contribution in [0.5, 0.6) is 5.75 Å². The van der Waals surface area contributed by atoms with Gasteiger partial charge >= 0.3 is 0 Å². The standard InChI is InChI=1S/C18H31NO2/c1-6-19-18(13-20-12-11-14(2)3)16-7-9-17(10-8-16)21-15(4)5/h7-10,14-15,18-19H,6,11-13H2,1-5H3. The van der Waals surface area contributed by atoms with E-state index >= 15 is 0 Å². The second-order valence-corrected chi connectivity index (χ2v) is 6.10. The number of hydrogen-bond donors (Lipinski definition) is 1. The van der Waals surface area contributed by atoms with E-state index in [1.807, 2.05) is 26.0 Å². The van der Waals surface area contributed by atoms with Gasteiger partial charge in [0.1, 0.15) is 5.75 Å². The number of ether oxygens (including phenoxy) is 2. The van der Waals surface area contributed by atoms with Crippen molar-refractivity contribution in [3.63, 3.8) is 0 Å². The van der Waals surface area contributed by atoms with Crippen molar-refractivity contribution in [2.75, 3.05) is 19.8 Å². The van der Waals surface area contributed by atoms with Gasteiger partial charge in [-0.2, -0.15) is 0 Å². The predicted molar refractivity (Wildman–Crippen MR) is 88.9 cm³/mol. The third-order valence-corrected chi connectivity index (χ3v) is 3.23. The highest BCUT2D eigenvalue weighted by molar-refractivity contribution is 5.29. The number of benzene rings is 1. The van der Waals surface area contributed by atoms with Gasteiger partial charge < -0.3 is 14.8 Å². The lowest BCUT2D eigenvalue weighted by Crippen LogP contribution is -2.25. The zero-order valence-corrected chi connectivity index (χ0v) is 14.2. The van der Waals surface area contributed by atoms with Gasteiger partial charge in [-0.1, -0.05) is 32.9 Å². The maximum Gasteiger partial charge on any atom is 0.119 e. The molecule has 0 aromatic heterocycles. The predicted octanol–water partition coefficient (Wildman–Crippen LogP) is 4.19. The van der Waals surface area contributed by atoms with Crippen LogP contribution in [-0.4, -0.2) is 25.9 Å². The van der Waals surface area contributed by atoms with Crippen LogP contribution >= 0.6 is 0 Å². The lowest BCUT2D eigenvalue weighted by molar-refractivity contribution is 0.103. The van der Waals surface area contributed by atoms with E-state index in [1.54, 1.807) is 0 Å². The Kier molecular flexibility index (Phi) is 8.40. The molecule has 3 heteroatoms. The first-order chi connectivity index (χ1) is 10.0. The molecule has 1 rings (SSSR count). The van der Waals surface area contributed by atoms with Crippen molar-refractivity contribution in [2.24, 2.45) is 5.92 Å². The molecular formula is C18H31NO2. The molecule has 1 unspecified atom stereocenters. The minimum Gasteiger partial charge on any atom is -0.491 e. The molecule has 0 saturated carbocycles. The van der Waals surface area contributed by atoms with Crippen LogP contribution in [0.3, 0.4) is 0 Å². The molecule has 0 aliphatic rings. The summed E-state index contributed by atoms with van der Waals surface area (Å²) in [6.45, 7) is 13.1. The maximum atomic E-state index is 5.81. The van der Waals surface area contributed by atoms with Crippen LogP contribution in [0.1, 0.15) is 52.6 Å². The summed E-state index contributed by atoms with van der Waals surface area (Å²) >= 11 is 0. The van der Waals surface area contributed by atoms with Crippen molar-refractivity contribution in [3.05, 3.63) is 29.8 Å². The molecule has 120 valence electrons. The van der Waals surface area contributed by atoms with Gasteiger partial charge in [-0.25, -0.2) is 0 Å². The van der Waals surface area contributed by atoms with E-state index in [2.05, 4.69) is 38.2 Å². The largest absolute Gasteiger partial charge is 0.491 e. The number of likely N-dealkylation sites (N-methyl/N-ethyl adjacent to an activating group) is 1. The quantitative estimate of drug-likeness (QED) is 0.656. The summed E-state index contributed by atoms with van der Waals surface area (Å²) in [5, 5.41) is 3.48. The third kappa shape index (κ3) is 7.49. The second-order valence-electron chi connectivity index (χ2n) is 6.10. The van der Waals surface area contributed by atoms with E-state index in [0.717, 1.165) is 25.3 Å². The van der Waals surface area contributed by atoms with Gasteiger partial charge in [0.2, 0.25) is 0 Å². The molecule has 1 aromatic carbocycles. The Balaban J connectivity index is 2.54. The van der Waals surface area contributed by atoms with Gasteiger partial charge in [0.25, 0.3) is 0 Å². The molecule has 0 heterocycles. The Bertz CT molecular complexity index is 373.